The van der Waals surface area contributed by atoms with Gasteiger partial charge in [-0.2, -0.15) is 4.98 Å². The van der Waals surface area contributed by atoms with E-state index < -0.39 is 11.9 Å². The molecule has 0 radical (unpaired) electrons. The number of anilines is 3. The molecule has 1 unspecified atom stereocenters. The molecule has 0 bridgehead atoms. The van der Waals surface area contributed by atoms with Crippen molar-refractivity contribution in [1.29, 1.82) is 0 Å². The van der Waals surface area contributed by atoms with E-state index in [0.717, 1.165) is 106 Å². The number of aliphatic hydroxyl groups excluding tert-OH is 1. The van der Waals surface area contributed by atoms with E-state index in [1.807, 2.05) is 38.2 Å². The molecule has 2 aliphatic carbocycles. The normalized spacial score (nSPS) is 18.2. The van der Waals surface area contributed by atoms with Crippen LogP contribution in [0.2, 0.25) is 0 Å². The number of carbonyl (C=O) groups is 3. The number of aliphatic hydroxyl groups is 1. The summed E-state index contributed by atoms with van der Waals surface area (Å²) in [4.78, 5) is 60.0. The highest BCUT2D eigenvalue weighted by Crippen LogP contribution is 2.52. The van der Waals surface area contributed by atoms with E-state index >= 15 is 0 Å². The summed E-state index contributed by atoms with van der Waals surface area (Å²) in [5, 5.41) is 15.6. The Hall–Kier alpha value is -4.89. The number of piperazine rings is 1. The Kier molecular flexibility index (Phi) is 19.7. The maximum atomic E-state index is 12.6. The molecule has 4 N–H and O–H groups in total. The number of benzene rings is 2. The van der Waals surface area contributed by atoms with Crippen LogP contribution in [0.4, 0.5) is 17.3 Å². The van der Waals surface area contributed by atoms with Gasteiger partial charge in [0.2, 0.25) is 24.7 Å². The number of carbonyl (C=O) groups excluding carboxylic acids is 3. The number of hydrogen-bond donors (Lipinski definition) is 4. The van der Waals surface area contributed by atoms with Crippen molar-refractivity contribution in [2.75, 3.05) is 88.1 Å². The summed E-state index contributed by atoms with van der Waals surface area (Å²) in [5.41, 5.74) is 7.93. The van der Waals surface area contributed by atoms with Crippen LogP contribution in [0, 0.1) is 17.3 Å². The van der Waals surface area contributed by atoms with Crippen LogP contribution in [0.3, 0.4) is 0 Å². The highest BCUT2D eigenvalue weighted by Gasteiger charge is 2.51. The number of imide groups is 1. The topological polar surface area (TPSA) is 153 Å². The fraction of sp³-hybridized carbons (Fsp3) is 0.625. The van der Waals surface area contributed by atoms with Crippen LogP contribution in [0.15, 0.2) is 54.9 Å². The molecule has 14 nitrogen and oxygen atoms in total. The summed E-state index contributed by atoms with van der Waals surface area (Å²) in [6.07, 6.45) is 21.8. The molecule has 4 fully saturated rings. The number of fused-ring (bicyclic) bond motifs is 1. The Balaban J connectivity index is 0.000000947. The van der Waals surface area contributed by atoms with Gasteiger partial charge in [0, 0.05) is 96.3 Å². The largest absolute Gasteiger partial charge is 0.393 e. The van der Waals surface area contributed by atoms with Crippen LogP contribution in [0.5, 0.6) is 0 Å². The van der Waals surface area contributed by atoms with Gasteiger partial charge in [-0.15, -0.1) is 0 Å². The van der Waals surface area contributed by atoms with Crippen molar-refractivity contribution >= 4 is 47.1 Å². The van der Waals surface area contributed by atoms with Gasteiger partial charge in [0.1, 0.15) is 11.7 Å². The van der Waals surface area contributed by atoms with Gasteiger partial charge in [0.25, 0.3) is 0 Å². The first-order valence-corrected chi connectivity index (χ1v) is 26.8. The first-order valence-electron chi connectivity index (χ1n) is 26.8. The number of H-pyrrole nitrogens is 1. The second kappa shape index (κ2) is 26.0. The first kappa shape index (κ1) is 52.9. The van der Waals surface area contributed by atoms with Crippen molar-refractivity contribution in [2.45, 2.75) is 136 Å². The SMILES string of the molecule is CCCC(C(=O)NC=O)N(C=O)c1ccc(CCCCCN2CC3(CC(CN4CCN(Cc5ccc(-c6c[nH]c7nc(NCC(CC)CC)ncc67)cc5)CC4)C3)C2)cc1N(C)C.OC1CCCCC1. The smallest absolute Gasteiger partial charge is 0.249 e. The van der Waals surface area contributed by atoms with E-state index in [9.17, 15) is 14.4 Å². The van der Waals surface area contributed by atoms with E-state index in [4.69, 9.17) is 10.1 Å². The van der Waals surface area contributed by atoms with Crippen molar-refractivity contribution in [3.8, 4) is 11.1 Å². The highest BCUT2D eigenvalue weighted by atomic mass is 16.3. The zero-order chi connectivity index (χ0) is 49.5. The summed E-state index contributed by atoms with van der Waals surface area (Å²) in [7, 11) is 3.90. The third-order valence-electron chi connectivity index (χ3n) is 15.7. The molecule has 2 aromatic carbocycles. The summed E-state index contributed by atoms with van der Waals surface area (Å²) in [6.45, 7) is 17.9. The molecule has 8 rings (SSSR count). The Morgan fingerprint density at radius 2 is 1.61 bits per heavy atom. The van der Waals surface area contributed by atoms with E-state index in [1.165, 1.54) is 92.7 Å². The Morgan fingerprint density at radius 1 is 0.900 bits per heavy atom. The summed E-state index contributed by atoms with van der Waals surface area (Å²) in [6, 6.07) is 14.4. The monoisotopic (exact) mass is 961 g/mol. The molecule has 4 aromatic rings. The van der Waals surface area contributed by atoms with Crippen molar-refractivity contribution in [2.24, 2.45) is 17.3 Å². The quantitative estimate of drug-likeness (QED) is 0.0395. The lowest BCUT2D eigenvalue weighted by molar-refractivity contribution is -0.127. The van der Waals surface area contributed by atoms with Crippen molar-refractivity contribution in [3.05, 3.63) is 66.0 Å². The number of likely N-dealkylation sites (tertiary alicyclic amines) is 1. The highest BCUT2D eigenvalue weighted by molar-refractivity contribution is 5.98. The molecule has 1 atom stereocenters. The lowest BCUT2D eigenvalue weighted by Crippen LogP contribution is -2.63. The predicted octanol–water partition coefficient (Wildman–Crippen LogP) is 8.50. The second-order valence-electron chi connectivity index (χ2n) is 21.2. The van der Waals surface area contributed by atoms with Gasteiger partial charge < -0.3 is 35.0 Å². The number of aromatic amines is 1. The minimum Gasteiger partial charge on any atom is -0.393 e. The zero-order valence-electron chi connectivity index (χ0n) is 43.1. The van der Waals surface area contributed by atoms with Crippen LogP contribution in [-0.4, -0.2) is 139 Å². The van der Waals surface area contributed by atoms with E-state index in [0.29, 0.717) is 48.6 Å². The van der Waals surface area contributed by atoms with Gasteiger partial charge >= 0.3 is 0 Å². The third-order valence-corrected chi connectivity index (χ3v) is 15.7. The Morgan fingerprint density at radius 3 is 2.26 bits per heavy atom. The summed E-state index contributed by atoms with van der Waals surface area (Å²) in [5.74, 6) is 1.71. The standard InChI is InChI=1S/C50H72N10O3.C6H12O/c1-6-12-45(48(63)54-35-61)60(36-62)44-19-16-38(25-46(44)56(4)5)13-10-9-11-20-59-33-50(34-59)26-40(27-50)32-58-23-21-57(22-24-58)31-39-14-17-41(18-15-39)42-29-51-47-43(42)30-53-49(55-47)52-28-37(7-2)8-3;7-6-4-2-1-3-5-6/h14-19,25,29-30,35-37,40,45H,6-13,20-24,26-28,31-34H2,1-5H3,(H,54,61,63)(H2,51,52,53,55);6-7H,1-5H2. The molecule has 14 heteroatoms. The van der Waals surface area contributed by atoms with E-state index in [1.54, 1.807) is 0 Å². The fourth-order valence-electron chi connectivity index (χ4n) is 11.5. The molecule has 2 saturated carbocycles. The predicted molar refractivity (Wildman–Crippen MR) is 284 cm³/mol. The average molecular weight is 961 g/mol. The summed E-state index contributed by atoms with van der Waals surface area (Å²) >= 11 is 0. The number of amides is 3. The number of rotatable bonds is 24. The van der Waals surface area contributed by atoms with Gasteiger partial charge in [-0.05, 0) is 104 Å². The van der Waals surface area contributed by atoms with Gasteiger partial charge in [-0.3, -0.25) is 24.6 Å². The number of unbranched alkanes of at least 4 members (excludes halogenated alkanes) is 2. The zero-order valence-corrected chi connectivity index (χ0v) is 43.1. The fourth-order valence-corrected chi connectivity index (χ4v) is 11.5. The maximum Gasteiger partial charge on any atom is 0.249 e. The summed E-state index contributed by atoms with van der Waals surface area (Å²) < 4.78 is 0. The third kappa shape index (κ3) is 14.2. The molecule has 2 aromatic heterocycles. The lowest BCUT2D eigenvalue weighted by Gasteiger charge is -2.60. The lowest BCUT2D eigenvalue weighted by atomic mass is 9.57. The molecule has 4 heterocycles. The first-order chi connectivity index (χ1) is 34.0. The molecule has 4 aliphatic rings. The number of aryl methyl sites for hydroxylation is 1. The van der Waals surface area contributed by atoms with Crippen LogP contribution < -0.4 is 20.4 Å². The molecule has 1 spiro atoms. The molecule has 2 saturated heterocycles. The number of aromatic nitrogens is 3. The Bertz CT molecular complexity index is 2230. The number of hydrogen-bond acceptors (Lipinski definition) is 11. The molecular formula is C56H84N10O4. The van der Waals surface area contributed by atoms with Crippen LogP contribution in [-0.2, 0) is 27.3 Å². The average Bonchev–Trinajstić information content (AvgIpc) is 3.77. The van der Waals surface area contributed by atoms with Gasteiger partial charge in [-0.1, -0.05) is 96.0 Å². The van der Waals surface area contributed by atoms with Crippen LogP contribution in [0.1, 0.15) is 122 Å². The van der Waals surface area contributed by atoms with Gasteiger partial charge in [0.15, 0.2) is 0 Å². The maximum absolute atomic E-state index is 12.6. The van der Waals surface area contributed by atoms with E-state index in [-0.39, 0.29) is 6.10 Å². The van der Waals surface area contributed by atoms with Crippen LogP contribution >= 0.6 is 0 Å². The van der Waals surface area contributed by atoms with Gasteiger partial charge in [-0.25, -0.2) is 4.98 Å². The molecule has 2 aliphatic heterocycles. The van der Waals surface area contributed by atoms with Gasteiger partial charge in [0.05, 0.1) is 17.5 Å². The Labute approximate surface area is 418 Å². The molecule has 382 valence electrons. The van der Waals surface area contributed by atoms with Crippen molar-refractivity contribution < 1.29 is 19.5 Å². The van der Waals surface area contributed by atoms with E-state index in [2.05, 4.69) is 91.7 Å². The minimum atomic E-state index is -0.742. The second-order valence-corrected chi connectivity index (χ2v) is 21.2. The molecule has 3 amide bonds. The van der Waals surface area contributed by atoms with Crippen molar-refractivity contribution in [3.63, 3.8) is 0 Å². The molecule has 70 heavy (non-hydrogen) atoms. The number of nitrogens with one attached hydrogen (secondary N) is 3. The minimum absolute atomic E-state index is 0.0359. The van der Waals surface area contributed by atoms with Crippen LogP contribution in [0.25, 0.3) is 22.2 Å². The van der Waals surface area contributed by atoms with Crippen molar-refractivity contribution in [1.82, 2.24) is 35.0 Å². The molecular weight excluding hydrogens is 877 g/mol. The number of nitrogens with zero attached hydrogens (tertiary/aromatic N) is 7.